The van der Waals surface area contributed by atoms with Crippen LogP contribution in [0.4, 0.5) is 0 Å². The van der Waals surface area contributed by atoms with Crippen LogP contribution >= 0.6 is 0 Å². The Bertz CT molecular complexity index is 401. The van der Waals surface area contributed by atoms with E-state index in [1.54, 1.807) is 0 Å². The van der Waals surface area contributed by atoms with Crippen LogP contribution in [0.15, 0.2) is 12.3 Å². The molecule has 0 bridgehead atoms. The Labute approximate surface area is 109 Å². The summed E-state index contributed by atoms with van der Waals surface area (Å²) in [6, 6.07) is 2.44. The molecule has 98 valence electrons. The van der Waals surface area contributed by atoms with Crippen LogP contribution in [0.2, 0.25) is 0 Å². The van der Waals surface area contributed by atoms with E-state index in [1.807, 2.05) is 6.20 Å². The second-order valence-electron chi connectivity index (χ2n) is 5.52. The highest BCUT2D eigenvalue weighted by molar-refractivity contribution is 5.12. The minimum atomic E-state index is 0.333. The smallest absolute Gasteiger partial charge is 0.146 e. The zero-order valence-corrected chi connectivity index (χ0v) is 11.1. The van der Waals surface area contributed by atoms with E-state index < -0.39 is 0 Å². The molecule has 1 aliphatic heterocycles. The second kappa shape index (κ2) is 5.33. The zero-order valence-electron chi connectivity index (χ0n) is 11.1. The van der Waals surface area contributed by atoms with E-state index in [4.69, 9.17) is 4.98 Å². The van der Waals surface area contributed by atoms with Crippen molar-refractivity contribution in [1.82, 2.24) is 20.2 Å². The third kappa shape index (κ3) is 2.40. The van der Waals surface area contributed by atoms with E-state index >= 15 is 0 Å². The van der Waals surface area contributed by atoms with Crippen molar-refractivity contribution in [3.8, 4) is 0 Å². The fourth-order valence-electron chi connectivity index (χ4n) is 3.09. The Morgan fingerprint density at radius 2 is 2.17 bits per heavy atom. The first kappa shape index (κ1) is 12.1. The Morgan fingerprint density at radius 1 is 1.33 bits per heavy atom. The molecule has 1 aromatic rings. The van der Waals surface area contributed by atoms with Gasteiger partial charge in [-0.15, -0.1) is 0 Å². The molecule has 1 unspecified atom stereocenters. The van der Waals surface area contributed by atoms with Crippen LogP contribution in [0, 0.1) is 0 Å². The molecule has 18 heavy (non-hydrogen) atoms. The highest BCUT2D eigenvalue weighted by Gasteiger charge is 2.24. The maximum absolute atomic E-state index is 4.84. The van der Waals surface area contributed by atoms with Gasteiger partial charge in [0, 0.05) is 37.4 Å². The molecule has 2 aliphatic rings. The minimum absolute atomic E-state index is 0.333. The quantitative estimate of drug-likeness (QED) is 0.862. The zero-order chi connectivity index (χ0) is 12.4. The average molecular weight is 246 g/mol. The van der Waals surface area contributed by atoms with Gasteiger partial charge in [-0.3, -0.25) is 4.90 Å². The van der Waals surface area contributed by atoms with Gasteiger partial charge in [-0.1, -0.05) is 12.8 Å². The molecular formula is C14H22N4. The van der Waals surface area contributed by atoms with Crippen LogP contribution in [0.25, 0.3) is 0 Å². The highest BCUT2D eigenvalue weighted by atomic mass is 15.2. The van der Waals surface area contributed by atoms with Crippen LogP contribution in [-0.4, -0.2) is 41.5 Å². The molecule has 0 amide bonds. The Morgan fingerprint density at radius 3 is 2.94 bits per heavy atom. The predicted molar refractivity (Wildman–Crippen MR) is 71.5 cm³/mol. The van der Waals surface area contributed by atoms with Gasteiger partial charge in [0.1, 0.15) is 5.82 Å². The molecule has 2 heterocycles. The fourth-order valence-corrected chi connectivity index (χ4v) is 3.09. The van der Waals surface area contributed by atoms with Crippen LogP contribution in [0.1, 0.15) is 49.2 Å². The third-order valence-electron chi connectivity index (χ3n) is 4.28. The molecule has 0 spiro atoms. The standard InChI is InChI=1S/C14H22N4/c1-18-9-8-15-10-13(18)14-16-7-6-12(17-14)11-4-2-3-5-11/h6-7,11,13,15H,2-5,8-10H2,1H3. The number of hydrogen-bond donors (Lipinski definition) is 1. The lowest BCUT2D eigenvalue weighted by molar-refractivity contribution is 0.193. The van der Waals surface area contributed by atoms with E-state index in [1.165, 1.54) is 31.4 Å². The molecule has 2 fully saturated rings. The summed E-state index contributed by atoms with van der Waals surface area (Å²) in [4.78, 5) is 11.7. The van der Waals surface area contributed by atoms with Crippen molar-refractivity contribution in [3.63, 3.8) is 0 Å². The lowest BCUT2D eigenvalue weighted by Gasteiger charge is -2.32. The summed E-state index contributed by atoms with van der Waals surface area (Å²) < 4.78 is 0. The van der Waals surface area contributed by atoms with Crippen LogP contribution in [-0.2, 0) is 0 Å². The van der Waals surface area contributed by atoms with Gasteiger partial charge in [0.15, 0.2) is 0 Å². The number of aromatic nitrogens is 2. The topological polar surface area (TPSA) is 41.0 Å². The van der Waals surface area contributed by atoms with E-state index in [0.29, 0.717) is 12.0 Å². The second-order valence-corrected chi connectivity index (χ2v) is 5.52. The first-order chi connectivity index (χ1) is 8.84. The SMILES string of the molecule is CN1CCNCC1c1nccc(C2CCCC2)n1. The van der Waals surface area contributed by atoms with Crippen molar-refractivity contribution >= 4 is 0 Å². The van der Waals surface area contributed by atoms with Gasteiger partial charge >= 0.3 is 0 Å². The van der Waals surface area contributed by atoms with Crippen molar-refractivity contribution in [1.29, 1.82) is 0 Å². The van der Waals surface area contributed by atoms with Crippen molar-refractivity contribution in [2.24, 2.45) is 0 Å². The van der Waals surface area contributed by atoms with Gasteiger partial charge in [-0.05, 0) is 26.0 Å². The molecule has 0 radical (unpaired) electrons. The van der Waals surface area contributed by atoms with Crippen molar-refractivity contribution in [2.75, 3.05) is 26.7 Å². The molecule has 1 aliphatic carbocycles. The summed E-state index contributed by atoms with van der Waals surface area (Å²) in [6.45, 7) is 3.10. The molecule has 1 N–H and O–H groups in total. The third-order valence-corrected chi connectivity index (χ3v) is 4.28. The van der Waals surface area contributed by atoms with Crippen molar-refractivity contribution < 1.29 is 0 Å². The summed E-state index contributed by atoms with van der Waals surface area (Å²) >= 11 is 0. The number of hydrogen-bond acceptors (Lipinski definition) is 4. The predicted octanol–water partition coefficient (Wildman–Crippen LogP) is 1.71. The highest BCUT2D eigenvalue weighted by Crippen LogP contribution is 2.33. The van der Waals surface area contributed by atoms with Gasteiger partial charge < -0.3 is 5.32 Å². The molecule has 1 saturated carbocycles. The molecule has 3 rings (SSSR count). The van der Waals surface area contributed by atoms with Gasteiger partial charge in [0.05, 0.1) is 6.04 Å². The monoisotopic (exact) mass is 246 g/mol. The van der Waals surface area contributed by atoms with E-state index in [0.717, 1.165) is 25.5 Å². The Kier molecular flexibility index (Phi) is 3.57. The molecule has 1 aromatic heterocycles. The van der Waals surface area contributed by atoms with Crippen molar-refractivity contribution in [3.05, 3.63) is 23.8 Å². The maximum atomic E-state index is 4.84. The van der Waals surface area contributed by atoms with Gasteiger partial charge in [0.25, 0.3) is 0 Å². The molecule has 4 nitrogen and oxygen atoms in total. The first-order valence-electron chi connectivity index (χ1n) is 7.08. The Hall–Kier alpha value is -1.00. The summed E-state index contributed by atoms with van der Waals surface area (Å²) in [5.74, 6) is 1.67. The molecular weight excluding hydrogens is 224 g/mol. The van der Waals surface area contributed by atoms with E-state index in [2.05, 4.69) is 28.3 Å². The lowest BCUT2D eigenvalue weighted by atomic mass is 10.0. The number of likely N-dealkylation sites (N-methyl/N-ethyl adjacent to an activating group) is 1. The normalized spacial score (nSPS) is 26.6. The summed E-state index contributed by atoms with van der Waals surface area (Å²) in [5.41, 5.74) is 1.26. The molecule has 0 aromatic carbocycles. The average Bonchev–Trinajstić information content (AvgIpc) is 2.93. The van der Waals surface area contributed by atoms with Crippen molar-refractivity contribution in [2.45, 2.75) is 37.6 Å². The number of piperazine rings is 1. The number of nitrogens with zero attached hydrogens (tertiary/aromatic N) is 3. The van der Waals surface area contributed by atoms with E-state index in [-0.39, 0.29) is 0 Å². The van der Waals surface area contributed by atoms with Crippen LogP contribution < -0.4 is 5.32 Å². The molecule has 1 saturated heterocycles. The largest absolute Gasteiger partial charge is 0.313 e. The summed E-state index contributed by atoms with van der Waals surface area (Å²) in [7, 11) is 2.16. The molecule has 1 atom stereocenters. The van der Waals surface area contributed by atoms with Gasteiger partial charge in [-0.2, -0.15) is 0 Å². The maximum Gasteiger partial charge on any atom is 0.146 e. The number of nitrogens with one attached hydrogen (secondary N) is 1. The minimum Gasteiger partial charge on any atom is -0.313 e. The fraction of sp³-hybridized carbons (Fsp3) is 0.714. The van der Waals surface area contributed by atoms with Gasteiger partial charge in [-0.25, -0.2) is 9.97 Å². The van der Waals surface area contributed by atoms with Gasteiger partial charge in [0.2, 0.25) is 0 Å². The van der Waals surface area contributed by atoms with Crippen LogP contribution in [0.3, 0.4) is 0 Å². The lowest BCUT2D eigenvalue weighted by Crippen LogP contribution is -2.44. The Balaban J connectivity index is 1.81. The van der Waals surface area contributed by atoms with Crippen LogP contribution in [0.5, 0.6) is 0 Å². The van der Waals surface area contributed by atoms with E-state index in [9.17, 15) is 0 Å². The first-order valence-corrected chi connectivity index (χ1v) is 7.08. The summed E-state index contributed by atoms with van der Waals surface area (Å²) in [5, 5.41) is 3.43. The summed E-state index contributed by atoms with van der Waals surface area (Å²) in [6.07, 6.45) is 7.26. The molecule has 4 heteroatoms. The number of rotatable bonds is 2.